The van der Waals surface area contributed by atoms with Crippen molar-refractivity contribution in [3.8, 4) is 0 Å². The molecule has 0 bridgehead atoms. The highest BCUT2D eigenvalue weighted by molar-refractivity contribution is 5.11. The lowest BCUT2D eigenvalue weighted by atomic mass is 10.1. The second-order valence-electron chi connectivity index (χ2n) is 4.42. The third-order valence-corrected chi connectivity index (χ3v) is 3.73. The summed E-state index contributed by atoms with van der Waals surface area (Å²) in [7, 11) is 0. The lowest BCUT2D eigenvalue weighted by Gasteiger charge is -2.08. The lowest BCUT2D eigenvalue weighted by Crippen LogP contribution is -2.00. The summed E-state index contributed by atoms with van der Waals surface area (Å²) in [5.41, 5.74) is 0.749. The zero-order valence-electron chi connectivity index (χ0n) is 7.37. The van der Waals surface area contributed by atoms with E-state index in [0.717, 1.165) is 11.5 Å². The molecule has 0 amide bonds. The van der Waals surface area contributed by atoms with Crippen LogP contribution in [0.1, 0.15) is 38.1 Å². The van der Waals surface area contributed by atoms with E-state index in [1.807, 2.05) is 0 Å². The van der Waals surface area contributed by atoms with Crippen LogP contribution in [0.4, 0.5) is 0 Å². The molecule has 0 aliphatic heterocycles. The van der Waals surface area contributed by atoms with Gasteiger partial charge in [-0.2, -0.15) is 0 Å². The smallest absolute Gasteiger partial charge is 0.0393 e. The van der Waals surface area contributed by atoms with Crippen molar-refractivity contribution < 1.29 is 0 Å². The standard InChI is InChI=1S/C11H15N/c1-2-6-11(5-1)9-10(11)12-7-3-4-8-12/h3-4,7-8,10H,1-2,5-6,9H2. The summed E-state index contributed by atoms with van der Waals surface area (Å²) in [6.07, 6.45) is 11.8. The fraction of sp³-hybridized carbons (Fsp3) is 0.636. The van der Waals surface area contributed by atoms with Crippen LogP contribution in [-0.4, -0.2) is 4.57 Å². The third kappa shape index (κ3) is 0.796. The molecule has 0 N–H and O–H groups in total. The van der Waals surface area contributed by atoms with Gasteiger partial charge in [-0.15, -0.1) is 0 Å². The molecule has 2 fully saturated rings. The van der Waals surface area contributed by atoms with E-state index in [1.54, 1.807) is 0 Å². The summed E-state index contributed by atoms with van der Waals surface area (Å²) in [5.74, 6) is 0. The molecule has 64 valence electrons. The Balaban J connectivity index is 1.83. The molecule has 1 unspecified atom stereocenters. The Morgan fingerprint density at radius 3 is 2.42 bits per heavy atom. The summed E-state index contributed by atoms with van der Waals surface area (Å²) in [6, 6.07) is 5.14. The Bertz CT molecular complexity index is 267. The molecule has 1 aromatic heterocycles. The van der Waals surface area contributed by atoms with Crippen molar-refractivity contribution in [1.29, 1.82) is 0 Å². The van der Waals surface area contributed by atoms with Gasteiger partial charge in [0.2, 0.25) is 0 Å². The molecule has 0 saturated heterocycles. The predicted octanol–water partition coefficient (Wildman–Crippen LogP) is 2.99. The van der Waals surface area contributed by atoms with Crippen LogP contribution in [0.2, 0.25) is 0 Å². The molecule has 2 saturated carbocycles. The summed E-state index contributed by atoms with van der Waals surface area (Å²) < 4.78 is 2.41. The molecule has 1 aromatic rings. The minimum Gasteiger partial charge on any atom is -0.351 e. The van der Waals surface area contributed by atoms with E-state index in [-0.39, 0.29) is 0 Å². The first-order valence-electron chi connectivity index (χ1n) is 5.03. The van der Waals surface area contributed by atoms with Crippen molar-refractivity contribution >= 4 is 0 Å². The molecule has 1 spiro atoms. The van der Waals surface area contributed by atoms with Gasteiger partial charge in [0.15, 0.2) is 0 Å². The van der Waals surface area contributed by atoms with Gasteiger partial charge < -0.3 is 4.57 Å². The number of nitrogens with zero attached hydrogens (tertiary/aromatic N) is 1. The summed E-state index contributed by atoms with van der Waals surface area (Å²) in [5, 5.41) is 0. The van der Waals surface area contributed by atoms with Gasteiger partial charge >= 0.3 is 0 Å². The van der Waals surface area contributed by atoms with E-state index in [2.05, 4.69) is 29.1 Å². The van der Waals surface area contributed by atoms with Gasteiger partial charge in [0.05, 0.1) is 0 Å². The van der Waals surface area contributed by atoms with E-state index in [4.69, 9.17) is 0 Å². The van der Waals surface area contributed by atoms with E-state index in [1.165, 1.54) is 32.1 Å². The minimum absolute atomic E-state index is 0.749. The number of hydrogen-bond acceptors (Lipinski definition) is 0. The first-order chi connectivity index (χ1) is 5.91. The van der Waals surface area contributed by atoms with Gasteiger partial charge in [-0.3, -0.25) is 0 Å². The monoisotopic (exact) mass is 161 g/mol. The number of aromatic nitrogens is 1. The van der Waals surface area contributed by atoms with Crippen molar-refractivity contribution in [2.75, 3.05) is 0 Å². The molecule has 2 aliphatic carbocycles. The van der Waals surface area contributed by atoms with E-state index in [0.29, 0.717) is 0 Å². The van der Waals surface area contributed by atoms with Crippen molar-refractivity contribution in [2.24, 2.45) is 5.41 Å². The van der Waals surface area contributed by atoms with Crippen LogP contribution in [0.15, 0.2) is 24.5 Å². The van der Waals surface area contributed by atoms with Crippen LogP contribution in [0.5, 0.6) is 0 Å². The van der Waals surface area contributed by atoms with Crippen LogP contribution in [0.25, 0.3) is 0 Å². The molecule has 0 radical (unpaired) electrons. The Labute approximate surface area is 73.4 Å². The first kappa shape index (κ1) is 6.76. The molecule has 12 heavy (non-hydrogen) atoms. The molecule has 1 heterocycles. The second kappa shape index (κ2) is 2.15. The SMILES string of the molecule is c1ccn(C2CC23CCCC3)c1. The fourth-order valence-corrected chi connectivity index (χ4v) is 2.92. The molecule has 1 heteroatoms. The topological polar surface area (TPSA) is 4.93 Å². The lowest BCUT2D eigenvalue weighted by molar-refractivity contribution is 0.463. The Hall–Kier alpha value is -0.720. The molecule has 0 aromatic carbocycles. The summed E-state index contributed by atoms with van der Waals surface area (Å²) in [4.78, 5) is 0. The Morgan fingerprint density at radius 2 is 1.75 bits per heavy atom. The zero-order valence-corrected chi connectivity index (χ0v) is 7.37. The van der Waals surface area contributed by atoms with Gasteiger partial charge in [0, 0.05) is 18.4 Å². The second-order valence-corrected chi connectivity index (χ2v) is 4.42. The van der Waals surface area contributed by atoms with Crippen molar-refractivity contribution in [3.63, 3.8) is 0 Å². The maximum absolute atomic E-state index is 2.41. The summed E-state index contributed by atoms with van der Waals surface area (Å²) >= 11 is 0. The molecular weight excluding hydrogens is 146 g/mol. The van der Waals surface area contributed by atoms with Crippen LogP contribution < -0.4 is 0 Å². The zero-order chi connectivity index (χ0) is 8.02. The highest BCUT2D eigenvalue weighted by Crippen LogP contribution is 2.65. The largest absolute Gasteiger partial charge is 0.351 e. The third-order valence-electron chi connectivity index (χ3n) is 3.73. The predicted molar refractivity (Wildman–Crippen MR) is 49.0 cm³/mol. The summed E-state index contributed by atoms with van der Waals surface area (Å²) in [6.45, 7) is 0. The Kier molecular flexibility index (Phi) is 1.21. The highest BCUT2D eigenvalue weighted by atomic mass is 15.1. The molecule has 3 rings (SSSR count). The van der Waals surface area contributed by atoms with E-state index < -0.39 is 0 Å². The Morgan fingerprint density at radius 1 is 1.08 bits per heavy atom. The van der Waals surface area contributed by atoms with Gasteiger partial charge in [-0.05, 0) is 36.8 Å². The van der Waals surface area contributed by atoms with Crippen molar-refractivity contribution in [2.45, 2.75) is 38.1 Å². The maximum atomic E-state index is 2.41. The van der Waals surface area contributed by atoms with Crippen molar-refractivity contribution in [3.05, 3.63) is 24.5 Å². The molecule has 1 nitrogen and oxygen atoms in total. The van der Waals surface area contributed by atoms with Gasteiger partial charge in [-0.25, -0.2) is 0 Å². The number of hydrogen-bond donors (Lipinski definition) is 0. The average molecular weight is 161 g/mol. The van der Waals surface area contributed by atoms with Crippen LogP contribution in [0, 0.1) is 5.41 Å². The van der Waals surface area contributed by atoms with Gasteiger partial charge in [0.25, 0.3) is 0 Å². The molecule has 1 atom stereocenters. The average Bonchev–Trinajstić information content (AvgIpc) is 2.58. The first-order valence-corrected chi connectivity index (χ1v) is 5.03. The molecular formula is C11H15N. The highest BCUT2D eigenvalue weighted by Gasteiger charge is 2.55. The maximum Gasteiger partial charge on any atom is 0.0393 e. The molecule has 2 aliphatic rings. The van der Waals surface area contributed by atoms with Gasteiger partial charge in [-0.1, -0.05) is 12.8 Å². The van der Waals surface area contributed by atoms with Crippen LogP contribution in [-0.2, 0) is 0 Å². The van der Waals surface area contributed by atoms with E-state index in [9.17, 15) is 0 Å². The van der Waals surface area contributed by atoms with Crippen molar-refractivity contribution in [1.82, 2.24) is 4.57 Å². The normalized spacial score (nSPS) is 31.2. The minimum atomic E-state index is 0.749. The number of rotatable bonds is 1. The van der Waals surface area contributed by atoms with Crippen LogP contribution in [0.3, 0.4) is 0 Å². The van der Waals surface area contributed by atoms with Gasteiger partial charge in [0.1, 0.15) is 0 Å². The fourth-order valence-electron chi connectivity index (χ4n) is 2.92. The van der Waals surface area contributed by atoms with E-state index >= 15 is 0 Å². The quantitative estimate of drug-likeness (QED) is 0.596. The van der Waals surface area contributed by atoms with Crippen LogP contribution >= 0.6 is 0 Å².